The van der Waals surface area contributed by atoms with Crippen LogP contribution in [0.3, 0.4) is 0 Å². The summed E-state index contributed by atoms with van der Waals surface area (Å²) >= 11 is 5.74. The van der Waals surface area contributed by atoms with E-state index in [0.29, 0.717) is 18.4 Å². The van der Waals surface area contributed by atoms with Crippen molar-refractivity contribution < 1.29 is 9.47 Å². The Hall–Kier alpha value is -0.800. The van der Waals surface area contributed by atoms with Crippen molar-refractivity contribution in [3.8, 4) is 5.75 Å². The van der Waals surface area contributed by atoms with Crippen LogP contribution < -0.4 is 4.74 Å². The van der Waals surface area contributed by atoms with Crippen molar-refractivity contribution in [2.24, 2.45) is 0 Å². The summed E-state index contributed by atoms with van der Waals surface area (Å²) in [5, 5.41) is 0.459. The molecule has 0 saturated carbocycles. The van der Waals surface area contributed by atoms with Gasteiger partial charge in [0.25, 0.3) is 0 Å². The SMILES string of the molecule is Cc1cnc(Cl)cc1OC1COC1. The molecule has 0 aliphatic carbocycles. The Labute approximate surface area is 81.6 Å². The summed E-state index contributed by atoms with van der Waals surface area (Å²) in [6, 6.07) is 1.73. The molecule has 70 valence electrons. The van der Waals surface area contributed by atoms with E-state index in [4.69, 9.17) is 21.1 Å². The van der Waals surface area contributed by atoms with E-state index >= 15 is 0 Å². The highest BCUT2D eigenvalue weighted by atomic mass is 35.5. The third-order valence-corrected chi connectivity index (χ3v) is 2.13. The molecule has 1 aliphatic rings. The quantitative estimate of drug-likeness (QED) is 0.681. The number of nitrogens with zero attached hydrogens (tertiary/aromatic N) is 1. The molecular weight excluding hydrogens is 190 g/mol. The van der Waals surface area contributed by atoms with Crippen molar-refractivity contribution in [1.82, 2.24) is 4.98 Å². The molecule has 1 aromatic rings. The van der Waals surface area contributed by atoms with Gasteiger partial charge in [0.2, 0.25) is 0 Å². The first-order valence-electron chi connectivity index (χ1n) is 4.12. The van der Waals surface area contributed by atoms with Gasteiger partial charge in [0.05, 0.1) is 13.2 Å². The van der Waals surface area contributed by atoms with E-state index in [9.17, 15) is 0 Å². The molecule has 1 fully saturated rings. The van der Waals surface area contributed by atoms with Gasteiger partial charge >= 0.3 is 0 Å². The summed E-state index contributed by atoms with van der Waals surface area (Å²) in [4.78, 5) is 3.94. The molecule has 0 unspecified atom stereocenters. The fourth-order valence-electron chi connectivity index (χ4n) is 1.07. The number of halogens is 1. The Morgan fingerprint density at radius 2 is 2.38 bits per heavy atom. The Balaban J connectivity index is 2.13. The average molecular weight is 200 g/mol. The molecule has 1 aliphatic heterocycles. The predicted octanol–water partition coefficient (Wildman–Crippen LogP) is 1.82. The lowest BCUT2D eigenvalue weighted by atomic mass is 10.2. The lowest BCUT2D eigenvalue weighted by Crippen LogP contribution is -2.38. The monoisotopic (exact) mass is 199 g/mol. The molecule has 4 heteroatoms. The van der Waals surface area contributed by atoms with Crippen molar-refractivity contribution >= 4 is 11.6 Å². The maximum atomic E-state index is 5.74. The minimum atomic E-state index is 0.178. The van der Waals surface area contributed by atoms with Crippen LogP contribution >= 0.6 is 11.6 Å². The predicted molar refractivity (Wildman–Crippen MR) is 49.2 cm³/mol. The molecule has 0 amide bonds. The van der Waals surface area contributed by atoms with Crippen LogP contribution in [-0.2, 0) is 4.74 Å². The van der Waals surface area contributed by atoms with Crippen LogP contribution in [0.5, 0.6) is 5.75 Å². The summed E-state index contributed by atoms with van der Waals surface area (Å²) in [6.07, 6.45) is 1.88. The molecule has 0 aromatic carbocycles. The molecule has 0 N–H and O–H groups in total. The number of hydrogen-bond donors (Lipinski definition) is 0. The first-order chi connectivity index (χ1) is 6.25. The first kappa shape index (κ1) is 8.78. The molecule has 0 radical (unpaired) electrons. The van der Waals surface area contributed by atoms with E-state index in [1.807, 2.05) is 6.92 Å². The van der Waals surface area contributed by atoms with Crippen molar-refractivity contribution in [3.05, 3.63) is 23.0 Å². The highest BCUT2D eigenvalue weighted by Gasteiger charge is 2.20. The van der Waals surface area contributed by atoms with Crippen LogP contribution in [-0.4, -0.2) is 24.3 Å². The van der Waals surface area contributed by atoms with E-state index in [-0.39, 0.29) is 6.10 Å². The molecule has 0 spiro atoms. The van der Waals surface area contributed by atoms with Crippen molar-refractivity contribution in [2.45, 2.75) is 13.0 Å². The Bertz CT molecular complexity index is 312. The number of ether oxygens (including phenoxy) is 2. The van der Waals surface area contributed by atoms with Crippen LogP contribution in [0.15, 0.2) is 12.3 Å². The fraction of sp³-hybridized carbons (Fsp3) is 0.444. The van der Waals surface area contributed by atoms with Crippen LogP contribution in [0.4, 0.5) is 0 Å². The zero-order chi connectivity index (χ0) is 9.26. The number of aryl methyl sites for hydroxylation is 1. The van der Waals surface area contributed by atoms with Gasteiger partial charge in [-0.25, -0.2) is 4.98 Å². The summed E-state index contributed by atoms with van der Waals surface area (Å²) in [5.74, 6) is 0.799. The van der Waals surface area contributed by atoms with Gasteiger partial charge in [-0.3, -0.25) is 0 Å². The van der Waals surface area contributed by atoms with E-state index in [1.165, 1.54) is 0 Å². The van der Waals surface area contributed by atoms with Gasteiger partial charge in [-0.1, -0.05) is 11.6 Å². The molecule has 1 saturated heterocycles. The second-order valence-electron chi connectivity index (χ2n) is 3.05. The fourth-order valence-corrected chi connectivity index (χ4v) is 1.22. The maximum absolute atomic E-state index is 5.74. The summed E-state index contributed by atoms with van der Waals surface area (Å²) in [7, 11) is 0. The smallest absolute Gasteiger partial charge is 0.145 e. The summed E-state index contributed by atoms with van der Waals surface area (Å²) in [5.41, 5.74) is 0.997. The van der Waals surface area contributed by atoms with Gasteiger partial charge in [0.15, 0.2) is 0 Å². The number of hydrogen-bond acceptors (Lipinski definition) is 3. The van der Waals surface area contributed by atoms with Crippen LogP contribution in [0.25, 0.3) is 0 Å². The molecule has 13 heavy (non-hydrogen) atoms. The molecule has 2 rings (SSSR count). The maximum Gasteiger partial charge on any atom is 0.145 e. The van der Waals surface area contributed by atoms with Crippen molar-refractivity contribution in [2.75, 3.05) is 13.2 Å². The van der Waals surface area contributed by atoms with Crippen LogP contribution in [0, 0.1) is 6.92 Å². The Morgan fingerprint density at radius 1 is 1.62 bits per heavy atom. The third-order valence-electron chi connectivity index (χ3n) is 1.92. The molecule has 0 bridgehead atoms. The lowest BCUT2D eigenvalue weighted by Gasteiger charge is -2.27. The van der Waals surface area contributed by atoms with Gasteiger partial charge in [-0.05, 0) is 6.92 Å². The number of pyridine rings is 1. The van der Waals surface area contributed by atoms with E-state index in [0.717, 1.165) is 11.3 Å². The molecule has 3 nitrogen and oxygen atoms in total. The molecule has 0 atom stereocenters. The Kier molecular flexibility index (Phi) is 2.38. The van der Waals surface area contributed by atoms with Crippen LogP contribution in [0.1, 0.15) is 5.56 Å². The van der Waals surface area contributed by atoms with E-state index in [2.05, 4.69) is 4.98 Å². The molecule has 2 heterocycles. The van der Waals surface area contributed by atoms with Gasteiger partial charge < -0.3 is 9.47 Å². The molecule has 1 aromatic heterocycles. The molecular formula is C9H10ClNO2. The lowest BCUT2D eigenvalue weighted by molar-refractivity contribution is -0.0799. The van der Waals surface area contributed by atoms with Crippen molar-refractivity contribution in [1.29, 1.82) is 0 Å². The highest BCUT2D eigenvalue weighted by molar-refractivity contribution is 6.29. The van der Waals surface area contributed by atoms with E-state index in [1.54, 1.807) is 12.3 Å². The minimum absolute atomic E-state index is 0.178. The highest BCUT2D eigenvalue weighted by Crippen LogP contribution is 2.22. The zero-order valence-corrected chi connectivity index (χ0v) is 8.04. The summed E-state index contributed by atoms with van der Waals surface area (Å²) < 4.78 is 10.6. The van der Waals surface area contributed by atoms with Crippen molar-refractivity contribution in [3.63, 3.8) is 0 Å². The van der Waals surface area contributed by atoms with Gasteiger partial charge in [0, 0.05) is 17.8 Å². The number of rotatable bonds is 2. The standard InChI is InChI=1S/C9H10ClNO2/c1-6-3-11-9(10)2-8(6)13-7-4-12-5-7/h2-3,7H,4-5H2,1H3. The van der Waals surface area contributed by atoms with Gasteiger partial charge in [0.1, 0.15) is 17.0 Å². The second-order valence-corrected chi connectivity index (χ2v) is 3.44. The van der Waals surface area contributed by atoms with Gasteiger partial charge in [-0.15, -0.1) is 0 Å². The topological polar surface area (TPSA) is 31.4 Å². The zero-order valence-electron chi connectivity index (χ0n) is 7.29. The van der Waals surface area contributed by atoms with E-state index < -0.39 is 0 Å². The Morgan fingerprint density at radius 3 is 3.00 bits per heavy atom. The second kappa shape index (κ2) is 3.52. The van der Waals surface area contributed by atoms with Crippen LogP contribution in [0.2, 0.25) is 5.15 Å². The van der Waals surface area contributed by atoms with Gasteiger partial charge in [-0.2, -0.15) is 0 Å². The third kappa shape index (κ3) is 1.92. The normalized spacial score (nSPS) is 16.8. The first-order valence-corrected chi connectivity index (χ1v) is 4.50. The number of aromatic nitrogens is 1. The minimum Gasteiger partial charge on any atom is -0.485 e. The summed E-state index contributed by atoms with van der Waals surface area (Å²) in [6.45, 7) is 3.27. The largest absolute Gasteiger partial charge is 0.485 e. The average Bonchev–Trinajstić information content (AvgIpc) is 2.03.